The summed E-state index contributed by atoms with van der Waals surface area (Å²) in [4.78, 5) is 11.7. The molecule has 94 valence electrons. The Balaban J connectivity index is 2.03. The summed E-state index contributed by atoms with van der Waals surface area (Å²) in [6.45, 7) is 1.91. The molecule has 0 saturated heterocycles. The van der Waals surface area contributed by atoms with Gasteiger partial charge in [0.15, 0.2) is 5.76 Å². The van der Waals surface area contributed by atoms with Gasteiger partial charge in [-0.2, -0.15) is 0 Å². The first-order valence-electron chi connectivity index (χ1n) is 5.25. The lowest BCUT2D eigenvalue weighted by molar-refractivity contribution is 0.0944. The number of aryl methyl sites for hydroxylation is 1. The largest absolute Gasteiger partial charge is 0.507 e. The highest BCUT2D eigenvalue weighted by Crippen LogP contribution is 2.17. The number of aromatic nitrogens is 1. The molecule has 0 saturated carbocycles. The number of aromatic hydroxyl groups is 1. The van der Waals surface area contributed by atoms with Crippen LogP contribution in [0.1, 0.15) is 21.8 Å². The maximum Gasteiger partial charge on any atom is 0.255 e. The summed E-state index contributed by atoms with van der Waals surface area (Å²) in [5.41, 5.74) is 0.719. The van der Waals surface area contributed by atoms with Crippen molar-refractivity contribution in [3.8, 4) is 5.75 Å². The lowest BCUT2D eigenvalue weighted by Crippen LogP contribution is -2.22. The van der Waals surface area contributed by atoms with E-state index in [1.54, 1.807) is 13.0 Å². The highest BCUT2D eigenvalue weighted by molar-refractivity contribution is 5.96. The van der Waals surface area contributed by atoms with E-state index in [0.717, 1.165) is 12.1 Å². The van der Waals surface area contributed by atoms with Crippen molar-refractivity contribution in [2.45, 2.75) is 13.5 Å². The van der Waals surface area contributed by atoms with Crippen LogP contribution in [0.5, 0.6) is 5.75 Å². The second kappa shape index (κ2) is 4.87. The molecule has 2 aromatic rings. The topological polar surface area (TPSA) is 75.4 Å². The van der Waals surface area contributed by atoms with E-state index >= 15 is 0 Å². The van der Waals surface area contributed by atoms with Crippen LogP contribution in [0, 0.1) is 12.7 Å². The number of halogens is 1. The van der Waals surface area contributed by atoms with Crippen LogP contribution in [0.25, 0.3) is 0 Å². The number of amides is 1. The molecule has 0 aliphatic heterocycles. The second-order valence-corrected chi connectivity index (χ2v) is 3.78. The monoisotopic (exact) mass is 250 g/mol. The normalized spacial score (nSPS) is 10.3. The van der Waals surface area contributed by atoms with Crippen LogP contribution in [0.4, 0.5) is 4.39 Å². The van der Waals surface area contributed by atoms with Gasteiger partial charge in [-0.15, -0.1) is 0 Å². The van der Waals surface area contributed by atoms with Gasteiger partial charge >= 0.3 is 0 Å². The minimum absolute atomic E-state index is 0.00707. The average molecular weight is 250 g/mol. The number of nitrogens with one attached hydrogen (secondary N) is 1. The highest BCUT2D eigenvalue weighted by Gasteiger charge is 2.12. The number of carbonyl (C=O) groups excluding carboxylic acids is 1. The third kappa shape index (κ3) is 2.65. The summed E-state index contributed by atoms with van der Waals surface area (Å²) in [6.07, 6.45) is 0. The Morgan fingerprint density at radius 1 is 1.50 bits per heavy atom. The first-order chi connectivity index (χ1) is 8.56. The number of benzene rings is 1. The lowest BCUT2D eigenvalue weighted by Gasteiger charge is -2.04. The quantitative estimate of drug-likeness (QED) is 0.870. The molecule has 0 atom stereocenters. The standard InChI is InChI=1S/C12H11FN2O3/c1-7-4-9(18-15-7)6-14-12(17)10-3-2-8(13)5-11(10)16/h2-5,16H,6H2,1H3,(H,14,17). The van der Waals surface area contributed by atoms with E-state index in [9.17, 15) is 14.3 Å². The number of phenols is 1. The fourth-order valence-corrected chi connectivity index (χ4v) is 1.46. The summed E-state index contributed by atoms with van der Waals surface area (Å²) < 4.78 is 17.7. The Morgan fingerprint density at radius 2 is 2.28 bits per heavy atom. The fraction of sp³-hybridized carbons (Fsp3) is 0.167. The molecule has 0 bridgehead atoms. The Hall–Kier alpha value is -2.37. The summed E-state index contributed by atoms with van der Waals surface area (Å²) >= 11 is 0. The zero-order valence-electron chi connectivity index (χ0n) is 9.61. The number of nitrogens with zero attached hydrogens (tertiary/aromatic N) is 1. The molecule has 1 aromatic carbocycles. The molecule has 5 nitrogen and oxygen atoms in total. The molecule has 0 fully saturated rings. The summed E-state index contributed by atoms with van der Waals surface area (Å²) in [7, 11) is 0. The van der Waals surface area contributed by atoms with Gasteiger partial charge < -0.3 is 14.9 Å². The lowest BCUT2D eigenvalue weighted by atomic mass is 10.2. The zero-order valence-corrected chi connectivity index (χ0v) is 9.61. The summed E-state index contributed by atoms with van der Waals surface area (Å²) in [5, 5.41) is 15.6. The summed E-state index contributed by atoms with van der Waals surface area (Å²) in [5.74, 6) is -1.01. The van der Waals surface area contributed by atoms with E-state index in [1.165, 1.54) is 6.07 Å². The Kier molecular flexibility index (Phi) is 3.27. The van der Waals surface area contributed by atoms with Gasteiger partial charge in [-0.3, -0.25) is 4.79 Å². The predicted molar refractivity (Wildman–Crippen MR) is 60.5 cm³/mol. The second-order valence-electron chi connectivity index (χ2n) is 3.78. The molecule has 0 radical (unpaired) electrons. The van der Waals surface area contributed by atoms with Gasteiger partial charge in [-0.05, 0) is 19.1 Å². The number of rotatable bonds is 3. The van der Waals surface area contributed by atoms with E-state index in [-0.39, 0.29) is 12.1 Å². The van der Waals surface area contributed by atoms with Crippen molar-refractivity contribution in [1.29, 1.82) is 0 Å². The molecular formula is C12H11FN2O3. The van der Waals surface area contributed by atoms with E-state index in [4.69, 9.17) is 4.52 Å². The molecular weight excluding hydrogens is 239 g/mol. The van der Waals surface area contributed by atoms with E-state index < -0.39 is 17.5 Å². The van der Waals surface area contributed by atoms with Crippen molar-refractivity contribution in [2.24, 2.45) is 0 Å². The number of hydrogen-bond donors (Lipinski definition) is 2. The molecule has 0 unspecified atom stereocenters. The molecule has 2 N–H and O–H groups in total. The Bertz CT molecular complexity index is 580. The molecule has 0 aliphatic carbocycles. The SMILES string of the molecule is Cc1cc(CNC(=O)c2ccc(F)cc2O)on1. The van der Waals surface area contributed by atoms with Crippen molar-refractivity contribution < 1.29 is 18.8 Å². The molecule has 2 rings (SSSR count). The van der Waals surface area contributed by atoms with E-state index in [2.05, 4.69) is 10.5 Å². The molecule has 1 amide bonds. The number of hydrogen-bond acceptors (Lipinski definition) is 4. The maximum atomic E-state index is 12.7. The third-order valence-electron chi connectivity index (χ3n) is 2.30. The Morgan fingerprint density at radius 3 is 2.89 bits per heavy atom. The number of carbonyl (C=O) groups is 1. The third-order valence-corrected chi connectivity index (χ3v) is 2.30. The van der Waals surface area contributed by atoms with Crippen LogP contribution >= 0.6 is 0 Å². The Labute approximate surface area is 102 Å². The van der Waals surface area contributed by atoms with Crippen molar-refractivity contribution >= 4 is 5.91 Å². The van der Waals surface area contributed by atoms with E-state index in [0.29, 0.717) is 11.5 Å². The minimum atomic E-state index is -0.602. The zero-order chi connectivity index (χ0) is 13.1. The van der Waals surface area contributed by atoms with Crippen LogP contribution in [-0.4, -0.2) is 16.2 Å². The molecule has 1 aromatic heterocycles. The minimum Gasteiger partial charge on any atom is -0.507 e. The first-order valence-corrected chi connectivity index (χ1v) is 5.25. The van der Waals surface area contributed by atoms with Crippen molar-refractivity contribution in [3.63, 3.8) is 0 Å². The van der Waals surface area contributed by atoms with Crippen molar-refractivity contribution in [2.75, 3.05) is 0 Å². The van der Waals surface area contributed by atoms with Gasteiger partial charge in [0, 0.05) is 12.1 Å². The van der Waals surface area contributed by atoms with Crippen LogP contribution in [0.3, 0.4) is 0 Å². The molecule has 0 spiro atoms. The summed E-state index contributed by atoms with van der Waals surface area (Å²) in [6, 6.07) is 4.89. The van der Waals surface area contributed by atoms with Crippen LogP contribution in [0.2, 0.25) is 0 Å². The highest BCUT2D eigenvalue weighted by atomic mass is 19.1. The van der Waals surface area contributed by atoms with Crippen molar-refractivity contribution in [1.82, 2.24) is 10.5 Å². The van der Waals surface area contributed by atoms with Crippen LogP contribution in [0.15, 0.2) is 28.8 Å². The van der Waals surface area contributed by atoms with Gasteiger partial charge in [-0.25, -0.2) is 4.39 Å². The first kappa shape index (κ1) is 12.1. The van der Waals surface area contributed by atoms with Crippen LogP contribution in [-0.2, 0) is 6.54 Å². The molecule has 1 heterocycles. The van der Waals surface area contributed by atoms with Crippen LogP contribution < -0.4 is 5.32 Å². The van der Waals surface area contributed by atoms with Gasteiger partial charge in [-0.1, -0.05) is 5.16 Å². The molecule has 0 aliphatic rings. The number of phenolic OH excluding ortho intramolecular Hbond substituents is 1. The molecule has 18 heavy (non-hydrogen) atoms. The van der Waals surface area contributed by atoms with Crippen molar-refractivity contribution in [3.05, 3.63) is 47.1 Å². The fourth-order valence-electron chi connectivity index (χ4n) is 1.46. The van der Waals surface area contributed by atoms with Gasteiger partial charge in [0.1, 0.15) is 11.6 Å². The van der Waals surface area contributed by atoms with E-state index in [1.807, 2.05) is 0 Å². The van der Waals surface area contributed by atoms with Gasteiger partial charge in [0.2, 0.25) is 0 Å². The predicted octanol–water partition coefficient (Wildman–Crippen LogP) is 1.76. The maximum absolute atomic E-state index is 12.7. The smallest absolute Gasteiger partial charge is 0.255 e. The van der Waals surface area contributed by atoms with Gasteiger partial charge in [0.25, 0.3) is 5.91 Å². The van der Waals surface area contributed by atoms with Gasteiger partial charge in [0.05, 0.1) is 17.8 Å². The average Bonchev–Trinajstić information content (AvgIpc) is 2.72. The molecule has 6 heteroatoms.